The number of rotatable bonds is 12. The summed E-state index contributed by atoms with van der Waals surface area (Å²) in [5.74, 6) is -13.6. The minimum absolute atomic E-state index is 0.0487. The maximum absolute atomic E-state index is 15.6. The molecule has 2 saturated carbocycles. The molecule has 3 heterocycles. The Bertz CT molecular complexity index is 3410. The molecule has 3 saturated heterocycles. The highest BCUT2D eigenvalue weighted by Gasteiger charge is 2.52. The summed E-state index contributed by atoms with van der Waals surface area (Å²) in [4.78, 5) is 191. The molecule has 3 aliphatic heterocycles. The summed E-state index contributed by atoms with van der Waals surface area (Å²) in [6, 6.07) is -3.71. The highest BCUT2D eigenvalue weighted by Crippen LogP contribution is 2.38. The van der Waals surface area contributed by atoms with Crippen molar-refractivity contribution in [2.45, 2.75) is 224 Å². The Labute approximate surface area is 595 Å². The highest BCUT2D eigenvalue weighted by atomic mass is 19.4. The van der Waals surface area contributed by atoms with Crippen molar-refractivity contribution in [2.75, 3.05) is 75.5 Å². The number of carbonyl (C=O) groups is 12. The molecule has 24 nitrogen and oxygen atoms in total. The number of hydrogen-bond acceptors (Lipinski definition) is 12. The first kappa shape index (κ1) is 81.0. The summed E-state index contributed by atoms with van der Waals surface area (Å²) in [6.45, 7) is 11.4. The van der Waals surface area contributed by atoms with Crippen molar-refractivity contribution < 1.29 is 79.5 Å². The zero-order valence-corrected chi connectivity index (χ0v) is 61.6. The number of hydrogen-bond donors (Lipinski definition) is 3. The Kier molecular flexibility index (Phi) is 27.3. The summed E-state index contributed by atoms with van der Waals surface area (Å²) < 4.78 is 71.5. The predicted molar refractivity (Wildman–Crippen MR) is 368 cm³/mol. The molecular weight excluding hydrogens is 1330 g/mol. The number of halogens is 5. The van der Waals surface area contributed by atoms with Gasteiger partial charge in [0.1, 0.15) is 77.1 Å². The van der Waals surface area contributed by atoms with Crippen molar-refractivity contribution in [2.24, 2.45) is 17.8 Å². The first-order valence-electron chi connectivity index (χ1n) is 35.9. The molecule has 5 fully saturated rings. The molecule has 29 heteroatoms. The average Bonchev–Trinajstić information content (AvgIpc) is 1.31. The molecule has 2 aromatic rings. The number of alkyl halides is 3. The normalized spacial score (nSPS) is 26.4. The van der Waals surface area contributed by atoms with Crippen LogP contribution >= 0.6 is 0 Å². The van der Waals surface area contributed by atoms with Gasteiger partial charge < -0.3 is 60.0 Å². The summed E-state index contributed by atoms with van der Waals surface area (Å²) in [6.07, 6.45) is -2.62. The minimum Gasteiger partial charge on any atom is -0.347 e. The van der Waals surface area contributed by atoms with E-state index >= 15 is 37.5 Å². The van der Waals surface area contributed by atoms with Crippen LogP contribution in [0.5, 0.6) is 0 Å². The van der Waals surface area contributed by atoms with E-state index in [0.29, 0.717) is 62.6 Å². The number of likely N-dealkylation sites (N-methyl/N-ethyl adjacent to an activating group) is 7. The number of nitrogens with zero attached hydrogens (tertiary/aromatic N) is 9. The van der Waals surface area contributed by atoms with Gasteiger partial charge in [-0.15, -0.1) is 0 Å². The molecule has 102 heavy (non-hydrogen) atoms. The smallest absolute Gasteiger partial charge is 0.347 e. The molecule has 0 bridgehead atoms. The number of fused-ring (bicyclic) bond motifs is 2. The van der Waals surface area contributed by atoms with E-state index in [-0.39, 0.29) is 76.1 Å². The fourth-order valence-electron chi connectivity index (χ4n) is 15.1. The van der Waals surface area contributed by atoms with Crippen molar-refractivity contribution >= 4 is 70.9 Å². The third-order valence-electron chi connectivity index (χ3n) is 21.7. The number of aryl methyl sites for hydroxylation is 2. The SMILES string of the molecule is CC[C@H](C)[C@@H]1NC(=O)[C@H](CC(C)C)N(C)C(=O)C[C@@H](C(=O)N(C)C)N(C)C(=O)[C@H](C2CCCC2)N(C)C(=O)C2(CCCC2)NC(=O)C2CCCN2C(=O)[C@H](CCc2cc(F)c(C(F)(F)F)c(F)c2)NC(=O)CN(C)C(=O)[C@H](Cc2ccc(C)cc2)N(CC)C(=O)[C@@H]2CCN2C(=O)[C@H](C)N(C)C1=O. The lowest BCUT2D eigenvalue weighted by atomic mass is 9.90. The predicted octanol–water partition coefficient (Wildman–Crippen LogP) is 5.24. The van der Waals surface area contributed by atoms with Gasteiger partial charge in [-0.2, -0.15) is 13.2 Å². The van der Waals surface area contributed by atoms with Crippen molar-refractivity contribution in [3.8, 4) is 0 Å². The standard InChI is InChI=1S/C73H105F5N12O12/c1-15-44(6)60-69(100)84(11)45(7)64(95)90-35-31-53(90)68(99)88(16-2)56(39-46-27-25-43(5)26-28-46)67(98)83(10)41-57(91)79-51(30-29-47-37-49(74)59(50(75)38-47)73(76,77)78)65(96)89-34-21-24-52(89)63(94)81-72(32-19-20-33-72)71(102)87(14)61(48-22-17-18-23-48)70(101)86(13)55(66(97)82(8)9)40-58(92)85(12)54(36-42(3)4)62(93)80-60/h25-28,37-38,42,44-45,48,51-56,60-61H,15-24,29-36,39-41H2,1-14H3,(H,79,91)(H,80,93)(H,81,94)/t44-,45-,51-,52?,53-,54-,55-,56-,60-,61-/m0/s1. The van der Waals surface area contributed by atoms with Gasteiger partial charge in [0.2, 0.25) is 70.9 Å². The second kappa shape index (κ2) is 34.3. The van der Waals surface area contributed by atoms with Crippen LogP contribution in [-0.2, 0) is 76.6 Å². The van der Waals surface area contributed by atoms with Gasteiger partial charge >= 0.3 is 6.18 Å². The van der Waals surface area contributed by atoms with Gasteiger partial charge in [0, 0.05) is 75.4 Å². The minimum atomic E-state index is -5.40. The van der Waals surface area contributed by atoms with E-state index in [9.17, 15) is 41.9 Å². The van der Waals surface area contributed by atoms with E-state index in [1.165, 1.54) is 90.6 Å². The van der Waals surface area contributed by atoms with Gasteiger partial charge in [-0.1, -0.05) is 89.6 Å². The molecule has 0 aromatic heterocycles. The lowest BCUT2D eigenvalue weighted by Gasteiger charge is -2.45. The van der Waals surface area contributed by atoms with Crippen molar-refractivity contribution in [1.82, 2.24) is 60.0 Å². The number of amides is 12. The first-order valence-corrected chi connectivity index (χ1v) is 35.9. The highest BCUT2D eigenvalue weighted by molar-refractivity contribution is 6.01. The lowest BCUT2D eigenvalue weighted by molar-refractivity contribution is -0.161. The van der Waals surface area contributed by atoms with Gasteiger partial charge in [-0.3, -0.25) is 57.5 Å². The molecule has 1 spiro atoms. The second-order valence-electron chi connectivity index (χ2n) is 29.4. The molecule has 1 unspecified atom stereocenters. The second-order valence-corrected chi connectivity index (χ2v) is 29.4. The topological polar surface area (TPSA) is 270 Å². The van der Waals surface area contributed by atoms with Crippen LogP contribution < -0.4 is 16.0 Å². The van der Waals surface area contributed by atoms with Crippen molar-refractivity contribution in [3.63, 3.8) is 0 Å². The molecule has 12 amide bonds. The Morgan fingerprint density at radius 1 is 0.667 bits per heavy atom. The Morgan fingerprint density at radius 2 is 1.27 bits per heavy atom. The fraction of sp³-hybridized carbons (Fsp3) is 0.671. The van der Waals surface area contributed by atoms with Crippen molar-refractivity contribution in [1.29, 1.82) is 0 Å². The first-order chi connectivity index (χ1) is 47.9. The molecule has 2 aliphatic carbocycles. The lowest BCUT2D eigenvalue weighted by Crippen LogP contribution is -2.65. The van der Waals surface area contributed by atoms with Crippen LogP contribution in [0, 0.1) is 36.3 Å². The molecular formula is C73H105F5N12O12. The summed E-state index contributed by atoms with van der Waals surface area (Å²) >= 11 is 0. The van der Waals surface area contributed by atoms with E-state index in [2.05, 4.69) is 16.0 Å². The van der Waals surface area contributed by atoms with Gasteiger partial charge in [0.15, 0.2) is 0 Å². The zero-order chi connectivity index (χ0) is 75.7. The van der Waals surface area contributed by atoms with Crippen LogP contribution in [0.2, 0.25) is 0 Å². The largest absolute Gasteiger partial charge is 0.422 e. The summed E-state index contributed by atoms with van der Waals surface area (Å²) in [7, 11) is 9.83. The number of nitrogens with one attached hydrogen (secondary N) is 3. The van der Waals surface area contributed by atoms with Gasteiger partial charge in [-0.25, -0.2) is 8.78 Å². The number of carbonyl (C=O) groups excluding carboxylic acids is 12. The quantitative estimate of drug-likeness (QED) is 0.231. The van der Waals surface area contributed by atoms with E-state index in [1.54, 1.807) is 26.0 Å². The van der Waals surface area contributed by atoms with Gasteiger partial charge in [-0.05, 0) is 126 Å². The molecule has 3 N–H and O–H groups in total. The van der Waals surface area contributed by atoms with Crippen LogP contribution in [0.15, 0.2) is 36.4 Å². The maximum Gasteiger partial charge on any atom is 0.422 e. The molecule has 10 atom stereocenters. The molecule has 2 aromatic carbocycles. The van der Waals surface area contributed by atoms with Gasteiger partial charge in [0.25, 0.3) is 0 Å². The van der Waals surface area contributed by atoms with Gasteiger partial charge in [0.05, 0.1) is 13.0 Å². The third-order valence-corrected chi connectivity index (χ3v) is 21.7. The Hall–Kier alpha value is -8.27. The zero-order valence-electron chi connectivity index (χ0n) is 61.6. The fourth-order valence-corrected chi connectivity index (χ4v) is 15.1. The summed E-state index contributed by atoms with van der Waals surface area (Å²) in [5, 5.41) is 8.52. The Morgan fingerprint density at radius 3 is 1.82 bits per heavy atom. The van der Waals surface area contributed by atoms with Crippen LogP contribution in [0.4, 0.5) is 22.0 Å². The Balaban J connectivity index is 1.31. The van der Waals surface area contributed by atoms with Crippen LogP contribution in [0.1, 0.15) is 160 Å². The van der Waals surface area contributed by atoms with Crippen LogP contribution in [0.25, 0.3) is 0 Å². The van der Waals surface area contributed by atoms with Crippen molar-refractivity contribution in [3.05, 3.63) is 70.3 Å². The molecule has 564 valence electrons. The van der Waals surface area contributed by atoms with E-state index < -0.39 is 192 Å². The molecule has 7 rings (SSSR count). The molecule has 0 radical (unpaired) electrons. The van der Waals surface area contributed by atoms with E-state index in [0.717, 1.165) is 15.4 Å². The van der Waals surface area contributed by atoms with E-state index in [1.807, 2.05) is 39.8 Å². The third kappa shape index (κ3) is 18.4. The maximum atomic E-state index is 15.6. The van der Waals surface area contributed by atoms with E-state index in [4.69, 9.17) is 0 Å². The summed E-state index contributed by atoms with van der Waals surface area (Å²) in [5.41, 5.74) is -2.58. The van der Waals surface area contributed by atoms with Crippen LogP contribution in [-0.4, -0.2) is 250 Å². The monoisotopic (exact) mass is 1440 g/mol. The van der Waals surface area contributed by atoms with Crippen LogP contribution in [0.3, 0.4) is 0 Å². The average molecular weight is 1440 g/mol. The molecule has 5 aliphatic rings. The number of benzene rings is 2.